The molecule has 0 fully saturated rings. The second-order valence-corrected chi connectivity index (χ2v) is 6.49. The number of aryl methyl sites for hydroxylation is 2. The summed E-state index contributed by atoms with van der Waals surface area (Å²) in [6, 6.07) is 0. The van der Waals surface area contributed by atoms with Gasteiger partial charge in [0.2, 0.25) is 6.33 Å². The van der Waals surface area contributed by atoms with Gasteiger partial charge in [0.15, 0.2) is 0 Å². The van der Waals surface area contributed by atoms with Crippen LogP contribution in [-0.2, 0) is 17.9 Å². The number of carboxylic acid groups (broad SMARTS) is 1. The summed E-state index contributed by atoms with van der Waals surface area (Å²) >= 11 is 0. The fourth-order valence-electron chi connectivity index (χ4n) is 2.47. The molecule has 0 aromatic carbocycles. The van der Waals surface area contributed by atoms with E-state index in [1.54, 1.807) is 0 Å². The molecule has 1 heterocycles. The van der Waals surface area contributed by atoms with E-state index in [9.17, 15) is 9.90 Å². The van der Waals surface area contributed by atoms with Crippen LogP contribution in [0.3, 0.4) is 0 Å². The summed E-state index contributed by atoms with van der Waals surface area (Å²) in [5.41, 5.74) is 0. The van der Waals surface area contributed by atoms with E-state index in [4.69, 9.17) is 0 Å². The second-order valence-electron chi connectivity index (χ2n) is 6.49. The molecule has 0 saturated heterocycles. The maximum atomic E-state index is 9.65. The first kappa shape index (κ1) is 22.7. The fourth-order valence-corrected chi connectivity index (χ4v) is 2.47. The summed E-state index contributed by atoms with van der Waals surface area (Å²) in [6.07, 6.45) is 19.3. The van der Waals surface area contributed by atoms with E-state index in [0.29, 0.717) is 0 Å². The van der Waals surface area contributed by atoms with Crippen LogP contribution in [0.1, 0.15) is 91.4 Å². The highest BCUT2D eigenvalue weighted by Crippen LogP contribution is 2.02. The number of nitrogens with zero attached hydrogens (tertiary/aromatic N) is 2. The summed E-state index contributed by atoms with van der Waals surface area (Å²) < 4.78 is 4.66. The van der Waals surface area contributed by atoms with Crippen molar-refractivity contribution < 1.29 is 14.5 Å². The Hall–Kier alpha value is -1.32. The van der Waals surface area contributed by atoms with Gasteiger partial charge in [0, 0.05) is 5.97 Å². The Morgan fingerprint density at radius 3 is 2.08 bits per heavy atom. The largest absolute Gasteiger partial charge is 0.550 e. The van der Waals surface area contributed by atoms with Crippen LogP contribution >= 0.6 is 0 Å². The third-order valence-electron chi connectivity index (χ3n) is 4.02. The number of hydrogen-bond donors (Lipinski definition) is 0. The monoisotopic (exact) mass is 338 g/mol. The Labute approximate surface area is 148 Å². The van der Waals surface area contributed by atoms with Gasteiger partial charge in [0.1, 0.15) is 12.4 Å². The third kappa shape index (κ3) is 14.3. The van der Waals surface area contributed by atoms with Crippen LogP contribution in [0.15, 0.2) is 18.7 Å². The molecule has 0 atom stereocenters. The predicted molar refractivity (Wildman–Crippen MR) is 97.4 cm³/mol. The predicted octanol–water partition coefficient (Wildman–Crippen LogP) is 3.86. The van der Waals surface area contributed by atoms with E-state index < -0.39 is 5.97 Å². The fraction of sp³-hybridized carbons (Fsp3) is 0.800. The highest BCUT2D eigenvalue weighted by atomic mass is 16.4. The molecule has 0 N–H and O–H groups in total. The number of aromatic nitrogens is 2. The van der Waals surface area contributed by atoms with Crippen molar-refractivity contribution in [1.82, 2.24) is 4.57 Å². The summed E-state index contributed by atoms with van der Waals surface area (Å²) in [5.74, 6) is -0.943. The molecule has 0 amide bonds. The summed E-state index contributed by atoms with van der Waals surface area (Å²) in [6.45, 7) is 8.84. The number of imidazole rings is 1. The van der Waals surface area contributed by atoms with Crippen molar-refractivity contribution in [2.24, 2.45) is 0 Å². The zero-order chi connectivity index (χ0) is 18.0. The molecule has 0 spiro atoms. The van der Waals surface area contributed by atoms with E-state index in [1.807, 2.05) is 6.92 Å². The van der Waals surface area contributed by atoms with Crippen LogP contribution in [0.4, 0.5) is 0 Å². The standard InChI is InChI=1S/C15H29N2.C5H10O2/c1-3-5-7-9-11-16-13-14-17(15-16)12-10-8-6-4-2;1-2-3-4-5(6)7/h13-15H,3-12H2,1-2H3;2-4H2,1H3,(H,6,7)/q+1;/p-1. The Bertz CT molecular complexity index is 376. The van der Waals surface area contributed by atoms with Gasteiger partial charge in [-0.1, -0.05) is 52.9 Å². The normalized spacial score (nSPS) is 10.3. The summed E-state index contributed by atoms with van der Waals surface area (Å²) in [7, 11) is 0. The van der Waals surface area contributed by atoms with Gasteiger partial charge in [-0.25, -0.2) is 9.13 Å². The average Bonchev–Trinajstić information content (AvgIpc) is 3.02. The lowest BCUT2D eigenvalue weighted by Crippen LogP contribution is -2.30. The number of carbonyl (C=O) groups is 1. The minimum Gasteiger partial charge on any atom is -0.550 e. The zero-order valence-electron chi connectivity index (χ0n) is 16.1. The molecule has 0 bridgehead atoms. The smallest absolute Gasteiger partial charge is 0.243 e. The maximum absolute atomic E-state index is 9.65. The number of rotatable bonds is 13. The van der Waals surface area contributed by atoms with E-state index in [-0.39, 0.29) is 6.42 Å². The lowest BCUT2D eigenvalue weighted by molar-refractivity contribution is -0.696. The van der Waals surface area contributed by atoms with Crippen molar-refractivity contribution in [3.8, 4) is 0 Å². The molecular weight excluding hydrogens is 300 g/mol. The van der Waals surface area contributed by atoms with E-state index in [2.05, 4.69) is 41.7 Å². The van der Waals surface area contributed by atoms with Crippen LogP contribution < -0.4 is 9.67 Å². The first-order valence-corrected chi connectivity index (χ1v) is 9.88. The quantitative estimate of drug-likeness (QED) is 0.405. The van der Waals surface area contributed by atoms with Crippen LogP contribution in [-0.4, -0.2) is 10.5 Å². The average molecular weight is 339 g/mol. The molecule has 140 valence electrons. The molecular formula is C20H38N2O2. The third-order valence-corrected chi connectivity index (χ3v) is 4.02. The SMILES string of the molecule is CCCCC(=O)[O-].CCCCCCn1cc[n+](CCCCCC)c1. The number of carboxylic acids is 1. The topological polar surface area (TPSA) is 48.9 Å². The van der Waals surface area contributed by atoms with Crippen molar-refractivity contribution in [2.75, 3.05) is 0 Å². The van der Waals surface area contributed by atoms with Crippen molar-refractivity contribution in [1.29, 1.82) is 0 Å². The van der Waals surface area contributed by atoms with Gasteiger partial charge >= 0.3 is 0 Å². The van der Waals surface area contributed by atoms with Gasteiger partial charge in [0.05, 0.1) is 13.1 Å². The number of hydrogen-bond acceptors (Lipinski definition) is 2. The Kier molecular flexibility index (Phi) is 15.6. The van der Waals surface area contributed by atoms with Crippen molar-refractivity contribution in [3.05, 3.63) is 18.7 Å². The number of unbranched alkanes of at least 4 members (excludes halogenated alkanes) is 7. The van der Waals surface area contributed by atoms with Crippen molar-refractivity contribution in [3.63, 3.8) is 0 Å². The van der Waals surface area contributed by atoms with Crippen LogP contribution in [0.2, 0.25) is 0 Å². The first-order valence-electron chi connectivity index (χ1n) is 9.88. The van der Waals surface area contributed by atoms with Crippen molar-refractivity contribution >= 4 is 5.97 Å². The minimum absolute atomic E-state index is 0.205. The van der Waals surface area contributed by atoms with Crippen LogP contribution in [0.5, 0.6) is 0 Å². The molecule has 4 heteroatoms. The van der Waals surface area contributed by atoms with Gasteiger partial charge in [-0.3, -0.25) is 0 Å². The summed E-state index contributed by atoms with van der Waals surface area (Å²) in [4.78, 5) is 9.65. The highest BCUT2D eigenvalue weighted by Gasteiger charge is 2.02. The minimum atomic E-state index is -0.943. The second kappa shape index (κ2) is 16.5. The first-order chi connectivity index (χ1) is 11.6. The Morgan fingerprint density at radius 1 is 0.917 bits per heavy atom. The number of carbonyl (C=O) groups excluding carboxylic acids is 1. The van der Waals surface area contributed by atoms with Gasteiger partial charge in [-0.15, -0.1) is 0 Å². The van der Waals surface area contributed by atoms with E-state index in [0.717, 1.165) is 12.8 Å². The van der Waals surface area contributed by atoms with Gasteiger partial charge in [0.25, 0.3) is 0 Å². The lowest BCUT2D eigenvalue weighted by atomic mass is 10.2. The molecule has 1 rings (SSSR count). The molecule has 0 aliphatic carbocycles. The molecule has 0 aliphatic heterocycles. The molecule has 1 aromatic heterocycles. The van der Waals surface area contributed by atoms with Crippen LogP contribution in [0, 0.1) is 0 Å². The molecule has 4 nitrogen and oxygen atoms in total. The van der Waals surface area contributed by atoms with Crippen molar-refractivity contribution in [2.45, 2.75) is 104 Å². The van der Waals surface area contributed by atoms with Crippen LogP contribution in [0.25, 0.3) is 0 Å². The molecule has 24 heavy (non-hydrogen) atoms. The molecule has 0 unspecified atom stereocenters. The van der Waals surface area contributed by atoms with Gasteiger partial charge in [-0.2, -0.15) is 0 Å². The summed E-state index contributed by atoms with van der Waals surface area (Å²) in [5, 5.41) is 9.65. The molecule has 0 saturated carbocycles. The zero-order valence-corrected chi connectivity index (χ0v) is 16.1. The molecule has 0 aliphatic rings. The van der Waals surface area contributed by atoms with Gasteiger partial charge in [-0.05, 0) is 38.5 Å². The lowest BCUT2D eigenvalue weighted by Gasteiger charge is -1.97. The Morgan fingerprint density at radius 2 is 1.54 bits per heavy atom. The number of aliphatic carboxylic acids is 1. The van der Waals surface area contributed by atoms with E-state index >= 15 is 0 Å². The molecule has 0 radical (unpaired) electrons. The maximum Gasteiger partial charge on any atom is 0.243 e. The Balaban J connectivity index is 0.000000640. The van der Waals surface area contributed by atoms with E-state index in [1.165, 1.54) is 64.5 Å². The highest BCUT2D eigenvalue weighted by molar-refractivity contribution is 5.63. The molecule has 1 aromatic rings. The van der Waals surface area contributed by atoms with Gasteiger partial charge < -0.3 is 9.90 Å².